The lowest BCUT2D eigenvalue weighted by Gasteiger charge is -2.37. The number of hydrogen-bond donors (Lipinski definition) is 1. The highest BCUT2D eigenvalue weighted by Crippen LogP contribution is 2.22. The second kappa shape index (κ2) is 4.87. The molecule has 1 aliphatic heterocycles. The van der Waals surface area contributed by atoms with Gasteiger partial charge >= 0.3 is 0 Å². The molecule has 0 radical (unpaired) electrons. The van der Waals surface area contributed by atoms with E-state index in [1.807, 2.05) is 11.8 Å². The monoisotopic (exact) mass is 237 g/mol. The zero-order valence-corrected chi connectivity index (χ0v) is 10.3. The molecular formula is C12H19N3O2. The van der Waals surface area contributed by atoms with Gasteiger partial charge in [0.15, 0.2) is 0 Å². The van der Waals surface area contributed by atoms with E-state index in [0.29, 0.717) is 11.3 Å². The maximum Gasteiger partial charge on any atom is 0.259 e. The number of nitrogens with two attached hydrogens (primary N) is 1. The Morgan fingerprint density at radius 2 is 2.41 bits per heavy atom. The molecule has 0 aromatic carbocycles. The van der Waals surface area contributed by atoms with Crippen molar-refractivity contribution in [1.29, 1.82) is 0 Å². The maximum absolute atomic E-state index is 12.4. The minimum absolute atomic E-state index is 0.000540. The van der Waals surface area contributed by atoms with Crippen LogP contribution < -0.4 is 5.73 Å². The normalized spacial score (nSPS) is 22.5. The summed E-state index contributed by atoms with van der Waals surface area (Å²) in [6, 6.07) is 0.130. The highest BCUT2D eigenvalue weighted by atomic mass is 16.5. The number of rotatable bonds is 2. The largest absolute Gasteiger partial charge is 0.361 e. The number of aryl methyl sites for hydroxylation is 1. The molecule has 2 unspecified atom stereocenters. The Balaban J connectivity index is 2.20. The molecule has 1 aliphatic rings. The van der Waals surface area contributed by atoms with E-state index in [0.717, 1.165) is 25.8 Å². The van der Waals surface area contributed by atoms with Crippen molar-refractivity contribution in [3.05, 3.63) is 17.5 Å². The summed E-state index contributed by atoms with van der Waals surface area (Å²) in [6.07, 6.45) is 4.65. The van der Waals surface area contributed by atoms with Crippen molar-refractivity contribution in [2.45, 2.75) is 45.2 Å². The zero-order valence-electron chi connectivity index (χ0n) is 10.3. The lowest BCUT2D eigenvalue weighted by atomic mass is 9.96. The lowest BCUT2D eigenvalue weighted by Crippen LogP contribution is -2.51. The molecule has 1 aromatic heterocycles. The number of hydrogen-bond acceptors (Lipinski definition) is 4. The number of nitrogens with zero attached hydrogens (tertiary/aromatic N) is 2. The second-order valence-electron chi connectivity index (χ2n) is 4.72. The molecular weight excluding hydrogens is 218 g/mol. The topological polar surface area (TPSA) is 72.4 Å². The predicted octanol–water partition coefficient (Wildman–Crippen LogP) is 1.32. The highest BCUT2D eigenvalue weighted by molar-refractivity contribution is 5.95. The van der Waals surface area contributed by atoms with Crippen LogP contribution in [-0.4, -0.2) is 34.6 Å². The van der Waals surface area contributed by atoms with Crippen molar-refractivity contribution in [3.8, 4) is 0 Å². The summed E-state index contributed by atoms with van der Waals surface area (Å²) >= 11 is 0. The molecule has 2 heterocycles. The molecule has 0 bridgehead atoms. The smallest absolute Gasteiger partial charge is 0.259 e. The summed E-state index contributed by atoms with van der Waals surface area (Å²) in [6.45, 7) is 4.48. The average Bonchev–Trinajstić information content (AvgIpc) is 2.74. The third-order valence-electron chi connectivity index (χ3n) is 3.40. The standard InChI is InChI=1S/C12H19N3O2/c1-8(13)11-5-3-4-6-15(11)12(16)10-7-14-17-9(10)2/h7-8,11H,3-6,13H2,1-2H3. The number of amides is 1. The minimum Gasteiger partial charge on any atom is -0.361 e. The van der Waals surface area contributed by atoms with Gasteiger partial charge in [0.25, 0.3) is 5.91 Å². The van der Waals surface area contributed by atoms with Crippen LogP contribution in [-0.2, 0) is 0 Å². The Hall–Kier alpha value is -1.36. The number of carbonyl (C=O) groups excluding carboxylic acids is 1. The van der Waals surface area contributed by atoms with E-state index in [1.54, 1.807) is 6.92 Å². The molecule has 0 aliphatic carbocycles. The van der Waals surface area contributed by atoms with E-state index in [9.17, 15) is 4.79 Å². The van der Waals surface area contributed by atoms with Crippen molar-refractivity contribution in [2.75, 3.05) is 6.54 Å². The van der Waals surface area contributed by atoms with Crippen LogP contribution in [0.3, 0.4) is 0 Å². The first-order chi connectivity index (χ1) is 8.11. The zero-order chi connectivity index (χ0) is 12.4. The first kappa shape index (κ1) is 12.1. The van der Waals surface area contributed by atoms with Crippen molar-refractivity contribution < 1.29 is 9.32 Å². The van der Waals surface area contributed by atoms with E-state index >= 15 is 0 Å². The molecule has 2 N–H and O–H groups in total. The summed E-state index contributed by atoms with van der Waals surface area (Å²) in [5, 5.41) is 3.65. The molecule has 2 atom stereocenters. The molecule has 5 heteroatoms. The van der Waals surface area contributed by atoms with Crippen molar-refractivity contribution in [3.63, 3.8) is 0 Å². The molecule has 94 valence electrons. The van der Waals surface area contributed by atoms with Gasteiger partial charge in [0.05, 0.1) is 6.20 Å². The van der Waals surface area contributed by atoms with E-state index in [2.05, 4.69) is 5.16 Å². The molecule has 1 aromatic rings. The van der Waals surface area contributed by atoms with E-state index in [1.165, 1.54) is 6.20 Å². The fraction of sp³-hybridized carbons (Fsp3) is 0.667. The third kappa shape index (κ3) is 2.34. The molecule has 0 spiro atoms. The Morgan fingerprint density at radius 3 is 3.00 bits per heavy atom. The van der Waals surface area contributed by atoms with E-state index < -0.39 is 0 Å². The van der Waals surface area contributed by atoms with Crippen LogP contribution in [0.25, 0.3) is 0 Å². The van der Waals surface area contributed by atoms with Crippen molar-refractivity contribution in [1.82, 2.24) is 10.1 Å². The minimum atomic E-state index is -0.00856. The lowest BCUT2D eigenvalue weighted by molar-refractivity contribution is 0.0582. The first-order valence-corrected chi connectivity index (χ1v) is 6.09. The predicted molar refractivity (Wildman–Crippen MR) is 63.6 cm³/mol. The fourth-order valence-corrected chi connectivity index (χ4v) is 2.41. The van der Waals surface area contributed by atoms with Crippen LogP contribution in [0.4, 0.5) is 0 Å². The SMILES string of the molecule is Cc1oncc1C(=O)N1CCCCC1C(C)N. The van der Waals surface area contributed by atoms with Gasteiger partial charge < -0.3 is 15.2 Å². The number of carbonyl (C=O) groups is 1. The van der Waals surface area contributed by atoms with E-state index in [4.69, 9.17) is 10.3 Å². The van der Waals surface area contributed by atoms with Gasteiger partial charge in [-0.05, 0) is 33.1 Å². The van der Waals surface area contributed by atoms with Crippen LogP contribution in [0.15, 0.2) is 10.7 Å². The quantitative estimate of drug-likeness (QED) is 0.842. The summed E-state index contributed by atoms with van der Waals surface area (Å²) in [7, 11) is 0. The van der Waals surface area contributed by atoms with Gasteiger partial charge in [-0.15, -0.1) is 0 Å². The Morgan fingerprint density at radius 1 is 1.65 bits per heavy atom. The number of piperidine rings is 1. The third-order valence-corrected chi connectivity index (χ3v) is 3.40. The number of likely N-dealkylation sites (tertiary alicyclic amines) is 1. The van der Waals surface area contributed by atoms with Gasteiger partial charge in [-0.25, -0.2) is 0 Å². The van der Waals surface area contributed by atoms with Gasteiger partial charge in [-0.1, -0.05) is 5.16 Å². The van der Waals surface area contributed by atoms with Gasteiger partial charge in [-0.3, -0.25) is 4.79 Å². The molecule has 0 saturated carbocycles. The molecule has 17 heavy (non-hydrogen) atoms. The van der Waals surface area contributed by atoms with Gasteiger partial charge in [0.2, 0.25) is 0 Å². The first-order valence-electron chi connectivity index (χ1n) is 6.09. The summed E-state index contributed by atoms with van der Waals surface area (Å²) in [5.74, 6) is 0.565. The van der Waals surface area contributed by atoms with Gasteiger partial charge in [-0.2, -0.15) is 0 Å². The molecule has 1 fully saturated rings. The fourth-order valence-electron chi connectivity index (χ4n) is 2.41. The van der Waals surface area contributed by atoms with Crippen molar-refractivity contribution >= 4 is 5.91 Å². The summed E-state index contributed by atoms with van der Waals surface area (Å²) < 4.78 is 4.94. The van der Waals surface area contributed by atoms with Crippen LogP contribution >= 0.6 is 0 Å². The number of aromatic nitrogens is 1. The average molecular weight is 237 g/mol. The molecule has 2 rings (SSSR count). The van der Waals surface area contributed by atoms with Crippen LogP contribution in [0.2, 0.25) is 0 Å². The van der Waals surface area contributed by atoms with Crippen molar-refractivity contribution in [2.24, 2.45) is 5.73 Å². The Kier molecular flexibility index (Phi) is 3.47. The van der Waals surface area contributed by atoms with Gasteiger partial charge in [0, 0.05) is 18.6 Å². The Bertz CT molecular complexity index is 400. The molecule has 1 saturated heterocycles. The Labute approximate surface area is 101 Å². The van der Waals surface area contributed by atoms with Crippen LogP contribution in [0.1, 0.15) is 42.3 Å². The van der Waals surface area contributed by atoms with E-state index in [-0.39, 0.29) is 18.0 Å². The summed E-state index contributed by atoms with van der Waals surface area (Å²) in [4.78, 5) is 14.2. The second-order valence-corrected chi connectivity index (χ2v) is 4.72. The maximum atomic E-state index is 12.4. The summed E-state index contributed by atoms with van der Waals surface area (Å²) in [5.41, 5.74) is 6.51. The molecule has 5 nitrogen and oxygen atoms in total. The van der Waals surface area contributed by atoms with Gasteiger partial charge in [0.1, 0.15) is 11.3 Å². The van der Waals surface area contributed by atoms with Crippen LogP contribution in [0, 0.1) is 6.92 Å². The highest BCUT2D eigenvalue weighted by Gasteiger charge is 2.31. The van der Waals surface area contributed by atoms with Crippen LogP contribution in [0.5, 0.6) is 0 Å². The molecule has 1 amide bonds.